The summed E-state index contributed by atoms with van der Waals surface area (Å²) in [6, 6.07) is 17.5. The Balaban J connectivity index is 1.82. The van der Waals surface area contributed by atoms with Crippen molar-refractivity contribution in [1.82, 2.24) is 9.88 Å². The number of carbonyl (C=O) groups excluding carboxylic acids is 1. The summed E-state index contributed by atoms with van der Waals surface area (Å²) in [4.78, 5) is 29.9. The predicted molar refractivity (Wildman–Crippen MR) is 110 cm³/mol. The molecule has 0 fully saturated rings. The number of carbonyl (C=O) groups is 1. The number of nitrogens with zero attached hydrogens (tertiary/aromatic N) is 2. The van der Waals surface area contributed by atoms with Gasteiger partial charge in [0, 0.05) is 40.7 Å². The minimum atomic E-state index is -0.521. The van der Waals surface area contributed by atoms with E-state index in [1.807, 2.05) is 48.0 Å². The minimum Gasteiger partial charge on any atom is -0.361 e. The zero-order valence-electron chi connectivity index (χ0n) is 15.0. The number of hydrogen-bond donors (Lipinski definition) is 1. The standard InChI is InChI=1S/C21H17N3O3S/c1-23(21(25)15-8-3-5-10-18(15)24(26)27)20(19-11-6-12-28-19)16-13-22-17-9-4-2-7-14(16)17/h2-13,20,22H,1H3. The maximum Gasteiger partial charge on any atom is 0.282 e. The van der Waals surface area contributed by atoms with E-state index in [1.54, 1.807) is 35.4 Å². The van der Waals surface area contributed by atoms with E-state index in [9.17, 15) is 14.9 Å². The highest BCUT2D eigenvalue weighted by molar-refractivity contribution is 7.10. The summed E-state index contributed by atoms with van der Waals surface area (Å²) in [5.41, 5.74) is 1.82. The number of fused-ring (bicyclic) bond motifs is 1. The first-order valence-electron chi connectivity index (χ1n) is 8.68. The van der Waals surface area contributed by atoms with Crippen LogP contribution in [0.25, 0.3) is 10.9 Å². The number of rotatable bonds is 5. The first-order chi connectivity index (χ1) is 13.6. The second-order valence-electron chi connectivity index (χ2n) is 6.40. The molecule has 4 rings (SSSR count). The Morgan fingerprint density at radius 3 is 2.61 bits per heavy atom. The second-order valence-corrected chi connectivity index (χ2v) is 7.38. The van der Waals surface area contributed by atoms with Crippen molar-refractivity contribution in [2.24, 2.45) is 0 Å². The SMILES string of the molecule is CN(C(=O)c1ccccc1[N+](=O)[O-])C(c1cccs1)c1c[nH]c2ccccc12. The van der Waals surface area contributed by atoms with Gasteiger partial charge in [-0.3, -0.25) is 14.9 Å². The summed E-state index contributed by atoms with van der Waals surface area (Å²) in [5, 5.41) is 14.4. The van der Waals surface area contributed by atoms with Gasteiger partial charge in [-0.15, -0.1) is 11.3 Å². The van der Waals surface area contributed by atoms with Crippen molar-refractivity contribution in [3.8, 4) is 0 Å². The molecule has 2 aromatic carbocycles. The van der Waals surface area contributed by atoms with E-state index in [-0.39, 0.29) is 17.3 Å². The molecule has 0 saturated heterocycles. The van der Waals surface area contributed by atoms with E-state index in [4.69, 9.17) is 0 Å². The lowest BCUT2D eigenvalue weighted by molar-refractivity contribution is -0.385. The number of amides is 1. The fourth-order valence-corrected chi connectivity index (χ4v) is 4.33. The Labute approximate surface area is 165 Å². The molecule has 6 nitrogen and oxygen atoms in total. The third-order valence-electron chi connectivity index (χ3n) is 4.77. The van der Waals surface area contributed by atoms with Gasteiger partial charge in [-0.05, 0) is 23.6 Å². The molecule has 2 aromatic heterocycles. The molecule has 1 unspecified atom stereocenters. The maximum atomic E-state index is 13.3. The van der Waals surface area contributed by atoms with Gasteiger partial charge in [0.05, 0.1) is 11.0 Å². The number of hydrogen-bond acceptors (Lipinski definition) is 4. The van der Waals surface area contributed by atoms with Crippen LogP contribution in [-0.2, 0) is 0 Å². The molecule has 7 heteroatoms. The third kappa shape index (κ3) is 3.05. The van der Waals surface area contributed by atoms with Crippen molar-refractivity contribution in [2.45, 2.75) is 6.04 Å². The highest BCUT2D eigenvalue weighted by atomic mass is 32.1. The molecule has 0 aliphatic rings. The van der Waals surface area contributed by atoms with Gasteiger partial charge in [0.25, 0.3) is 11.6 Å². The van der Waals surface area contributed by atoms with Gasteiger partial charge in [-0.25, -0.2) is 0 Å². The van der Waals surface area contributed by atoms with E-state index < -0.39 is 10.8 Å². The summed E-state index contributed by atoms with van der Waals surface area (Å²) in [6.45, 7) is 0. The molecule has 1 N–H and O–H groups in total. The lowest BCUT2D eigenvalue weighted by Gasteiger charge is -2.27. The topological polar surface area (TPSA) is 79.2 Å². The van der Waals surface area contributed by atoms with Crippen LogP contribution in [0.3, 0.4) is 0 Å². The number of para-hydroxylation sites is 2. The van der Waals surface area contributed by atoms with E-state index in [1.165, 1.54) is 12.1 Å². The van der Waals surface area contributed by atoms with E-state index in [0.29, 0.717) is 0 Å². The first kappa shape index (κ1) is 17.9. The molecule has 4 aromatic rings. The lowest BCUT2D eigenvalue weighted by atomic mass is 10.0. The van der Waals surface area contributed by atoms with Crippen LogP contribution in [0.1, 0.15) is 26.8 Å². The molecule has 0 spiro atoms. The number of nitro groups is 1. The number of benzene rings is 2. The molecular weight excluding hydrogens is 374 g/mol. The fourth-order valence-electron chi connectivity index (χ4n) is 3.44. The Bertz CT molecular complexity index is 1150. The Hall–Kier alpha value is -3.45. The monoisotopic (exact) mass is 391 g/mol. The quantitative estimate of drug-likeness (QED) is 0.384. The van der Waals surface area contributed by atoms with Crippen LogP contribution in [-0.4, -0.2) is 27.8 Å². The molecule has 140 valence electrons. The van der Waals surface area contributed by atoms with Crippen LogP contribution in [0.4, 0.5) is 5.69 Å². The zero-order valence-corrected chi connectivity index (χ0v) is 15.8. The summed E-state index contributed by atoms with van der Waals surface area (Å²) in [5.74, 6) is -0.393. The normalized spacial score (nSPS) is 12.0. The van der Waals surface area contributed by atoms with Crippen LogP contribution in [0.15, 0.2) is 72.2 Å². The van der Waals surface area contributed by atoms with Gasteiger partial charge >= 0.3 is 0 Å². The number of aromatic nitrogens is 1. The first-order valence-corrected chi connectivity index (χ1v) is 9.56. The number of thiophene rings is 1. The number of H-pyrrole nitrogens is 1. The summed E-state index contributed by atoms with van der Waals surface area (Å²) < 4.78 is 0. The van der Waals surface area contributed by atoms with Crippen molar-refractivity contribution < 1.29 is 9.72 Å². The van der Waals surface area contributed by atoms with Gasteiger partial charge in [0.15, 0.2) is 0 Å². The van der Waals surface area contributed by atoms with Gasteiger partial charge in [0.1, 0.15) is 5.56 Å². The van der Waals surface area contributed by atoms with Crippen molar-refractivity contribution in [3.05, 3.63) is 98.4 Å². The summed E-state index contributed by atoms with van der Waals surface area (Å²) in [6.07, 6.45) is 1.90. The maximum absolute atomic E-state index is 13.3. The molecule has 28 heavy (non-hydrogen) atoms. The molecule has 0 bridgehead atoms. The summed E-state index contributed by atoms with van der Waals surface area (Å²) >= 11 is 1.55. The van der Waals surface area contributed by atoms with Gasteiger partial charge in [-0.1, -0.05) is 36.4 Å². The lowest BCUT2D eigenvalue weighted by Crippen LogP contribution is -2.32. The molecule has 2 heterocycles. The van der Waals surface area contributed by atoms with Crippen molar-refractivity contribution in [2.75, 3.05) is 7.05 Å². The average Bonchev–Trinajstić information content (AvgIpc) is 3.38. The van der Waals surface area contributed by atoms with Crippen molar-refractivity contribution in [1.29, 1.82) is 0 Å². The Kier molecular flexibility index (Phi) is 4.67. The van der Waals surface area contributed by atoms with E-state index in [2.05, 4.69) is 4.98 Å². The number of aromatic amines is 1. The van der Waals surface area contributed by atoms with E-state index in [0.717, 1.165) is 21.3 Å². The van der Waals surface area contributed by atoms with Gasteiger partial charge < -0.3 is 9.88 Å². The third-order valence-corrected chi connectivity index (χ3v) is 5.69. The molecule has 0 aliphatic carbocycles. The Morgan fingerprint density at radius 1 is 1.11 bits per heavy atom. The van der Waals surface area contributed by atoms with Crippen LogP contribution in [0.2, 0.25) is 0 Å². The highest BCUT2D eigenvalue weighted by Gasteiger charge is 2.30. The largest absolute Gasteiger partial charge is 0.361 e. The molecule has 0 aliphatic heterocycles. The van der Waals surface area contributed by atoms with Gasteiger partial charge in [-0.2, -0.15) is 0 Å². The number of nitrogens with one attached hydrogen (secondary N) is 1. The molecule has 1 amide bonds. The molecular formula is C21H17N3O3S. The van der Waals surface area contributed by atoms with Crippen LogP contribution >= 0.6 is 11.3 Å². The van der Waals surface area contributed by atoms with E-state index >= 15 is 0 Å². The Morgan fingerprint density at radius 2 is 1.86 bits per heavy atom. The summed E-state index contributed by atoms with van der Waals surface area (Å²) in [7, 11) is 1.69. The highest BCUT2D eigenvalue weighted by Crippen LogP contribution is 2.36. The van der Waals surface area contributed by atoms with Crippen molar-refractivity contribution >= 4 is 33.8 Å². The minimum absolute atomic E-state index is 0.0800. The van der Waals surface area contributed by atoms with Crippen LogP contribution in [0, 0.1) is 10.1 Å². The molecule has 0 saturated carbocycles. The van der Waals surface area contributed by atoms with Crippen LogP contribution in [0.5, 0.6) is 0 Å². The number of nitro benzene ring substituents is 1. The fraction of sp³-hybridized carbons (Fsp3) is 0.0952. The average molecular weight is 391 g/mol. The van der Waals surface area contributed by atoms with Crippen LogP contribution < -0.4 is 0 Å². The molecule has 1 atom stereocenters. The molecule has 0 radical (unpaired) electrons. The zero-order chi connectivity index (χ0) is 19.7. The second kappa shape index (κ2) is 7.28. The van der Waals surface area contributed by atoms with Gasteiger partial charge in [0.2, 0.25) is 0 Å². The smallest absolute Gasteiger partial charge is 0.282 e. The predicted octanol–water partition coefficient (Wildman–Crippen LogP) is 5.00. The van der Waals surface area contributed by atoms with Crippen molar-refractivity contribution in [3.63, 3.8) is 0 Å².